The molecule has 1 saturated heterocycles. The van der Waals surface area contributed by atoms with Crippen molar-refractivity contribution in [2.75, 3.05) is 18.0 Å². The predicted octanol–water partition coefficient (Wildman–Crippen LogP) is 1.40. The smallest absolute Gasteiger partial charge is 0.277 e. The van der Waals surface area contributed by atoms with Crippen LogP contribution in [0.15, 0.2) is 10.7 Å². The van der Waals surface area contributed by atoms with Gasteiger partial charge in [-0.15, -0.1) is 0 Å². The lowest BCUT2D eigenvalue weighted by Gasteiger charge is -2.35. The van der Waals surface area contributed by atoms with Crippen LogP contribution in [0.5, 0.6) is 0 Å². The second-order valence-electron chi connectivity index (χ2n) is 5.75. The normalized spacial score (nSPS) is 21.1. The monoisotopic (exact) mass is 274 g/mol. The molecule has 0 unspecified atom stereocenters. The SMILES string of the molecule is NC1(c2ncc(-c3nc(N4CCCC4)no3)[nH]2)CCC1. The summed E-state index contributed by atoms with van der Waals surface area (Å²) in [5, 5.41) is 4.04. The van der Waals surface area contributed by atoms with Crippen LogP contribution < -0.4 is 10.6 Å². The van der Waals surface area contributed by atoms with Crippen molar-refractivity contribution in [1.82, 2.24) is 20.1 Å². The van der Waals surface area contributed by atoms with Crippen LogP contribution in [0.1, 0.15) is 37.9 Å². The van der Waals surface area contributed by atoms with Gasteiger partial charge in [0.25, 0.3) is 11.8 Å². The zero-order chi connectivity index (χ0) is 13.6. The Morgan fingerprint density at radius 2 is 2.05 bits per heavy atom. The van der Waals surface area contributed by atoms with Crippen LogP contribution in [0, 0.1) is 0 Å². The van der Waals surface area contributed by atoms with Gasteiger partial charge in [-0.25, -0.2) is 4.98 Å². The molecule has 1 aliphatic carbocycles. The maximum Gasteiger partial charge on any atom is 0.277 e. The molecule has 1 aliphatic heterocycles. The Morgan fingerprint density at radius 1 is 1.25 bits per heavy atom. The number of anilines is 1. The quantitative estimate of drug-likeness (QED) is 0.878. The summed E-state index contributed by atoms with van der Waals surface area (Å²) in [5.74, 6) is 1.97. The van der Waals surface area contributed by atoms with Crippen molar-refractivity contribution < 1.29 is 4.52 Å². The van der Waals surface area contributed by atoms with E-state index in [1.807, 2.05) is 0 Å². The number of rotatable bonds is 3. The average Bonchev–Trinajstić information content (AvgIpc) is 3.13. The first kappa shape index (κ1) is 11.9. The van der Waals surface area contributed by atoms with E-state index in [-0.39, 0.29) is 5.54 Å². The number of aromatic nitrogens is 4. The second-order valence-corrected chi connectivity index (χ2v) is 5.75. The molecule has 20 heavy (non-hydrogen) atoms. The number of hydrogen-bond donors (Lipinski definition) is 2. The number of H-pyrrole nitrogens is 1. The fourth-order valence-electron chi connectivity index (χ4n) is 2.85. The van der Waals surface area contributed by atoms with Gasteiger partial charge in [0.2, 0.25) is 0 Å². The molecule has 0 radical (unpaired) electrons. The summed E-state index contributed by atoms with van der Waals surface area (Å²) in [5.41, 5.74) is 6.70. The van der Waals surface area contributed by atoms with Crippen LogP contribution in [-0.2, 0) is 5.54 Å². The first-order valence-corrected chi connectivity index (χ1v) is 7.18. The number of nitrogens with one attached hydrogen (secondary N) is 1. The van der Waals surface area contributed by atoms with Crippen LogP contribution >= 0.6 is 0 Å². The molecule has 3 heterocycles. The molecule has 2 aliphatic rings. The molecule has 1 saturated carbocycles. The molecule has 106 valence electrons. The largest absolute Gasteiger partial charge is 0.338 e. The summed E-state index contributed by atoms with van der Waals surface area (Å²) in [6, 6.07) is 0. The van der Waals surface area contributed by atoms with Crippen LogP contribution in [0.3, 0.4) is 0 Å². The van der Waals surface area contributed by atoms with Gasteiger partial charge in [-0.3, -0.25) is 0 Å². The van der Waals surface area contributed by atoms with E-state index in [1.165, 1.54) is 12.8 Å². The molecule has 2 fully saturated rings. The standard InChI is InChI=1S/C13H18N6O/c14-13(4-3-5-13)11-15-8-9(16-11)10-17-12(18-20-10)19-6-1-2-7-19/h8H,1-7,14H2,(H,15,16). The fourth-order valence-corrected chi connectivity index (χ4v) is 2.85. The second kappa shape index (κ2) is 4.31. The first-order chi connectivity index (χ1) is 9.74. The zero-order valence-electron chi connectivity index (χ0n) is 11.3. The van der Waals surface area contributed by atoms with Crippen LogP contribution in [0.2, 0.25) is 0 Å². The highest BCUT2D eigenvalue weighted by molar-refractivity contribution is 5.48. The van der Waals surface area contributed by atoms with Crippen LogP contribution in [-0.4, -0.2) is 33.2 Å². The van der Waals surface area contributed by atoms with Gasteiger partial charge in [0, 0.05) is 13.1 Å². The Balaban J connectivity index is 1.58. The number of nitrogens with zero attached hydrogens (tertiary/aromatic N) is 4. The highest BCUT2D eigenvalue weighted by Crippen LogP contribution is 2.37. The van der Waals surface area contributed by atoms with E-state index < -0.39 is 0 Å². The number of imidazole rings is 1. The molecule has 2 aromatic heterocycles. The summed E-state index contributed by atoms with van der Waals surface area (Å²) in [6.07, 6.45) is 7.21. The maximum atomic E-state index is 6.25. The van der Waals surface area contributed by atoms with Crippen molar-refractivity contribution in [2.45, 2.75) is 37.6 Å². The van der Waals surface area contributed by atoms with E-state index in [0.717, 1.165) is 43.9 Å². The van der Waals surface area contributed by atoms with E-state index in [2.05, 4.69) is 25.0 Å². The van der Waals surface area contributed by atoms with E-state index in [1.54, 1.807) is 6.20 Å². The minimum Gasteiger partial charge on any atom is -0.338 e. The zero-order valence-corrected chi connectivity index (χ0v) is 11.3. The lowest BCUT2D eigenvalue weighted by atomic mass is 9.77. The molecule has 2 aromatic rings. The maximum absolute atomic E-state index is 6.25. The molecule has 7 nitrogen and oxygen atoms in total. The van der Waals surface area contributed by atoms with Crippen LogP contribution in [0.25, 0.3) is 11.6 Å². The van der Waals surface area contributed by atoms with E-state index >= 15 is 0 Å². The molecule has 0 amide bonds. The van der Waals surface area contributed by atoms with Crippen molar-refractivity contribution >= 4 is 5.95 Å². The van der Waals surface area contributed by atoms with E-state index in [9.17, 15) is 0 Å². The van der Waals surface area contributed by atoms with Gasteiger partial charge >= 0.3 is 0 Å². The van der Waals surface area contributed by atoms with Gasteiger partial charge in [0.15, 0.2) is 0 Å². The summed E-state index contributed by atoms with van der Waals surface area (Å²) < 4.78 is 5.33. The molecule has 0 bridgehead atoms. The third kappa shape index (κ3) is 1.81. The van der Waals surface area contributed by atoms with Crippen molar-refractivity contribution in [3.8, 4) is 11.6 Å². The molecular weight excluding hydrogens is 256 g/mol. The lowest BCUT2D eigenvalue weighted by molar-refractivity contribution is 0.240. The number of nitrogens with two attached hydrogens (primary N) is 1. The van der Waals surface area contributed by atoms with Crippen molar-refractivity contribution in [3.63, 3.8) is 0 Å². The molecule has 0 atom stereocenters. The van der Waals surface area contributed by atoms with Gasteiger partial charge in [-0.05, 0) is 37.3 Å². The van der Waals surface area contributed by atoms with Gasteiger partial charge in [0.05, 0.1) is 11.7 Å². The summed E-state index contributed by atoms with van der Waals surface area (Å²) in [4.78, 5) is 14.2. The van der Waals surface area contributed by atoms with Crippen molar-refractivity contribution in [3.05, 3.63) is 12.0 Å². The Kier molecular flexibility index (Phi) is 2.56. The summed E-state index contributed by atoms with van der Waals surface area (Å²) in [6.45, 7) is 2.00. The van der Waals surface area contributed by atoms with Crippen molar-refractivity contribution in [1.29, 1.82) is 0 Å². The molecule has 4 rings (SSSR count). The Hall–Kier alpha value is -1.89. The van der Waals surface area contributed by atoms with Gasteiger partial charge < -0.3 is 20.1 Å². The van der Waals surface area contributed by atoms with E-state index in [0.29, 0.717) is 11.8 Å². The Morgan fingerprint density at radius 3 is 2.75 bits per heavy atom. The van der Waals surface area contributed by atoms with Crippen LogP contribution in [0.4, 0.5) is 5.95 Å². The van der Waals surface area contributed by atoms with Gasteiger partial charge in [0.1, 0.15) is 11.5 Å². The van der Waals surface area contributed by atoms with Crippen molar-refractivity contribution in [2.24, 2.45) is 5.73 Å². The Labute approximate surface area is 116 Å². The molecule has 7 heteroatoms. The first-order valence-electron chi connectivity index (χ1n) is 7.18. The number of hydrogen-bond acceptors (Lipinski definition) is 6. The minimum atomic E-state index is -0.296. The molecular formula is C13H18N6O. The fraction of sp³-hybridized carbons (Fsp3) is 0.615. The third-order valence-electron chi connectivity index (χ3n) is 4.33. The van der Waals surface area contributed by atoms with Gasteiger partial charge in [-0.1, -0.05) is 0 Å². The molecule has 0 aromatic carbocycles. The van der Waals surface area contributed by atoms with E-state index in [4.69, 9.17) is 10.3 Å². The highest BCUT2D eigenvalue weighted by atomic mass is 16.5. The highest BCUT2D eigenvalue weighted by Gasteiger charge is 2.37. The molecule has 0 spiro atoms. The third-order valence-corrected chi connectivity index (χ3v) is 4.33. The number of aromatic amines is 1. The molecule has 3 N–H and O–H groups in total. The summed E-state index contributed by atoms with van der Waals surface area (Å²) >= 11 is 0. The predicted molar refractivity (Wildman–Crippen MR) is 73.0 cm³/mol. The topological polar surface area (TPSA) is 96.9 Å². The minimum absolute atomic E-state index is 0.296. The summed E-state index contributed by atoms with van der Waals surface area (Å²) in [7, 11) is 0. The Bertz CT molecular complexity index is 608. The van der Waals surface area contributed by atoms with Gasteiger partial charge in [-0.2, -0.15) is 4.98 Å². The lowest BCUT2D eigenvalue weighted by Crippen LogP contribution is -2.44. The average molecular weight is 274 g/mol.